The first-order valence-corrected chi connectivity index (χ1v) is 10.9. The zero-order valence-corrected chi connectivity index (χ0v) is 18.2. The molecular formula is C25H29N3O3. The zero-order valence-electron chi connectivity index (χ0n) is 18.2. The van der Waals surface area contributed by atoms with E-state index in [2.05, 4.69) is 34.5 Å². The predicted molar refractivity (Wildman–Crippen MR) is 123 cm³/mol. The van der Waals surface area contributed by atoms with Gasteiger partial charge in [0.2, 0.25) is 0 Å². The molecule has 2 aromatic carbocycles. The molecule has 0 aliphatic carbocycles. The Hall–Kier alpha value is -2.83. The van der Waals surface area contributed by atoms with Crippen LogP contribution in [0.25, 0.3) is 22.2 Å². The Morgan fingerprint density at radius 2 is 1.90 bits per heavy atom. The number of likely N-dealkylation sites (N-methyl/N-ethyl adjacent to an activating group) is 1. The quantitative estimate of drug-likeness (QED) is 0.589. The van der Waals surface area contributed by atoms with E-state index in [1.165, 1.54) is 12.1 Å². The van der Waals surface area contributed by atoms with E-state index in [0.717, 1.165) is 66.5 Å². The molecule has 0 atom stereocenters. The van der Waals surface area contributed by atoms with Crippen LogP contribution in [0.15, 0.2) is 48.5 Å². The van der Waals surface area contributed by atoms with Crippen molar-refractivity contribution < 1.29 is 14.2 Å². The van der Waals surface area contributed by atoms with E-state index in [-0.39, 0.29) is 0 Å². The van der Waals surface area contributed by atoms with Crippen molar-refractivity contribution in [1.82, 2.24) is 10.3 Å². The first-order chi connectivity index (χ1) is 15.2. The molecule has 6 nitrogen and oxygen atoms in total. The van der Waals surface area contributed by atoms with Crippen molar-refractivity contribution in [2.45, 2.75) is 6.42 Å². The van der Waals surface area contributed by atoms with Crippen LogP contribution in [0, 0.1) is 5.41 Å². The Morgan fingerprint density at radius 3 is 2.58 bits per heavy atom. The Labute approximate surface area is 183 Å². The van der Waals surface area contributed by atoms with Gasteiger partial charge < -0.3 is 24.4 Å². The molecule has 2 aliphatic heterocycles. The molecule has 3 heterocycles. The van der Waals surface area contributed by atoms with Gasteiger partial charge in [-0.15, -0.1) is 0 Å². The van der Waals surface area contributed by atoms with Crippen LogP contribution in [-0.4, -0.2) is 58.6 Å². The van der Waals surface area contributed by atoms with Gasteiger partial charge in [-0.3, -0.25) is 0 Å². The van der Waals surface area contributed by atoms with Gasteiger partial charge in [-0.05, 0) is 55.9 Å². The van der Waals surface area contributed by atoms with E-state index >= 15 is 0 Å². The summed E-state index contributed by atoms with van der Waals surface area (Å²) < 4.78 is 16.8. The van der Waals surface area contributed by atoms with Gasteiger partial charge in [0.1, 0.15) is 18.1 Å². The largest absolute Gasteiger partial charge is 0.497 e. The fraction of sp³-hybridized carbons (Fsp3) is 0.400. The minimum absolute atomic E-state index is 0.328. The second kappa shape index (κ2) is 8.36. The molecule has 2 saturated heterocycles. The van der Waals surface area contributed by atoms with E-state index in [1.807, 2.05) is 31.3 Å². The highest BCUT2D eigenvalue weighted by molar-refractivity contribution is 5.95. The molecule has 31 heavy (non-hydrogen) atoms. The monoisotopic (exact) mass is 419 g/mol. The summed E-state index contributed by atoms with van der Waals surface area (Å²) in [7, 11) is 3.62. The molecule has 1 spiro atoms. The molecule has 0 unspecified atom stereocenters. The number of hydrogen-bond donors (Lipinski definition) is 1. The highest BCUT2D eigenvalue weighted by Crippen LogP contribution is 2.42. The Balaban J connectivity index is 1.50. The van der Waals surface area contributed by atoms with Crippen molar-refractivity contribution in [3.8, 4) is 22.8 Å². The molecular weight excluding hydrogens is 390 g/mol. The molecule has 0 radical (unpaired) electrons. The van der Waals surface area contributed by atoms with Crippen molar-refractivity contribution in [2.24, 2.45) is 5.41 Å². The summed E-state index contributed by atoms with van der Waals surface area (Å²) in [6.07, 6.45) is 1.18. The number of fused-ring (bicyclic) bond motifs is 1. The van der Waals surface area contributed by atoms with Gasteiger partial charge in [-0.25, -0.2) is 4.98 Å². The number of nitrogens with one attached hydrogen (secondary N) is 1. The third-order valence-electron chi connectivity index (χ3n) is 6.36. The number of nitrogens with zero attached hydrogens (tertiary/aromatic N) is 2. The lowest BCUT2D eigenvalue weighted by molar-refractivity contribution is -0.0985. The lowest BCUT2D eigenvalue weighted by atomic mass is 9.85. The molecule has 0 saturated carbocycles. The molecule has 0 amide bonds. The van der Waals surface area contributed by atoms with Gasteiger partial charge in [-0.1, -0.05) is 0 Å². The number of methoxy groups -OCH3 is 1. The summed E-state index contributed by atoms with van der Waals surface area (Å²) in [6, 6.07) is 16.6. The number of aromatic nitrogens is 1. The third-order valence-corrected chi connectivity index (χ3v) is 6.36. The zero-order chi connectivity index (χ0) is 21.3. The van der Waals surface area contributed by atoms with E-state index in [4.69, 9.17) is 19.2 Å². The summed E-state index contributed by atoms with van der Waals surface area (Å²) in [5.74, 6) is 1.69. The molecule has 6 heteroatoms. The topological polar surface area (TPSA) is 55.9 Å². The van der Waals surface area contributed by atoms with E-state index in [0.29, 0.717) is 12.0 Å². The number of hydrogen-bond acceptors (Lipinski definition) is 6. The summed E-state index contributed by atoms with van der Waals surface area (Å²) >= 11 is 0. The molecule has 162 valence electrons. The highest BCUT2D eigenvalue weighted by atomic mass is 16.5. The third kappa shape index (κ3) is 3.93. The Bertz CT molecular complexity index is 1060. The summed E-state index contributed by atoms with van der Waals surface area (Å²) in [6.45, 7) is 5.31. The average Bonchev–Trinajstić information content (AvgIpc) is 3.25. The molecule has 5 rings (SSSR count). The van der Waals surface area contributed by atoms with Crippen molar-refractivity contribution in [3.05, 3.63) is 48.5 Å². The fourth-order valence-corrected chi connectivity index (χ4v) is 4.49. The van der Waals surface area contributed by atoms with Gasteiger partial charge in [0, 0.05) is 47.8 Å². The maximum absolute atomic E-state index is 5.76. The summed E-state index contributed by atoms with van der Waals surface area (Å²) in [5, 5.41) is 4.25. The van der Waals surface area contributed by atoms with E-state index < -0.39 is 0 Å². The standard InChI is InChI=1S/C25H29N3O3/c1-26-10-12-31-19-5-3-18(4-6-19)22-14-24(28-11-9-25(15-28)16-30-17-25)21-8-7-20(29-2)13-23(21)27-22/h3-8,13-14,26H,9-12,15-17H2,1-2H3. The van der Waals surface area contributed by atoms with E-state index in [1.54, 1.807) is 7.11 Å². The molecule has 2 fully saturated rings. The Morgan fingerprint density at radius 1 is 1.10 bits per heavy atom. The number of benzene rings is 2. The number of ether oxygens (including phenoxy) is 3. The van der Waals surface area contributed by atoms with Crippen LogP contribution in [0.4, 0.5) is 5.69 Å². The second-order valence-corrected chi connectivity index (χ2v) is 8.55. The fourth-order valence-electron chi connectivity index (χ4n) is 4.49. The SMILES string of the molecule is CNCCOc1ccc(-c2cc(N3CCC4(COC4)C3)c3ccc(OC)cc3n2)cc1. The smallest absolute Gasteiger partial charge is 0.121 e. The van der Waals surface area contributed by atoms with Gasteiger partial charge in [-0.2, -0.15) is 0 Å². The van der Waals surface area contributed by atoms with Crippen molar-refractivity contribution in [1.29, 1.82) is 0 Å². The van der Waals surface area contributed by atoms with Crippen molar-refractivity contribution in [2.75, 3.05) is 58.5 Å². The minimum atomic E-state index is 0.328. The molecule has 0 bridgehead atoms. The molecule has 1 aromatic heterocycles. The number of pyridine rings is 1. The summed E-state index contributed by atoms with van der Waals surface area (Å²) in [5.41, 5.74) is 4.55. The van der Waals surface area contributed by atoms with Gasteiger partial charge >= 0.3 is 0 Å². The second-order valence-electron chi connectivity index (χ2n) is 8.55. The van der Waals surface area contributed by atoms with Crippen LogP contribution in [-0.2, 0) is 4.74 Å². The van der Waals surface area contributed by atoms with Crippen LogP contribution in [0.3, 0.4) is 0 Å². The first-order valence-electron chi connectivity index (χ1n) is 10.9. The van der Waals surface area contributed by atoms with E-state index in [9.17, 15) is 0 Å². The first kappa shape index (κ1) is 20.1. The van der Waals surface area contributed by atoms with Crippen LogP contribution in [0.2, 0.25) is 0 Å². The molecule has 2 aliphatic rings. The lowest BCUT2D eigenvalue weighted by Crippen LogP contribution is -2.44. The number of rotatable bonds is 7. The normalized spacial score (nSPS) is 17.2. The van der Waals surface area contributed by atoms with Crippen LogP contribution < -0.4 is 19.7 Å². The van der Waals surface area contributed by atoms with Crippen LogP contribution in [0.1, 0.15) is 6.42 Å². The summed E-state index contributed by atoms with van der Waals surface area (Å²) in [4.78, 5) is 7.48. The number of anilines is 1. The maximum atomic E-state index is 5.76. The lowest BCUT2D eigenvalue weighted by Gasteiger charge is -2.38. The molecule has 1 N–H and O–H groups in total. The average molecular weight is 420 g/mol. The van der Waals surface area contributed by atoms with Crippen LogP contribution in [0.5, 0.6) is 11.5 Å². The minimum Gasteiger partial charge on any atom is -0.497 e. The predicted octanol–water partition coefficient (Wildman–Crippen LogP) is 3.74. The van der Waals surface area contributed by atoms with Crippen molar-refractivity contribution >= 4 is 16.6 Å². The highest BCUT2D eigenvalue weighted by Gasteiger charge is 2.44. The van der Waals surface area contributed by atoms with Crippen molar-refractivity contribution in [3.63, 3.8) is 0 Å². The van der Waals surface area contributed by atoms with Gasteiger partial charge in [0.15, 0.2) is 0 Å². The van der Waals surface area contributed by atoms with Gasteiger partial charge in [0.05, 0.1) is 31.5 Å². The van der Waals surface area contributed by atoms with Crippen LogP contribution >= 0.6 is 0 Å². The Kier molecular flexibility index (Phi) is 5.42. The molecule has 3 aromatic rings. The maximum Gasteiger partial charge on any atom is 0.121 e. The van der Waals surface area contributed by atoms with Gasteiger partial charge in [0.25, 0.3) is 0 Å².